The standard InChI is InChI=1S/C45H47N3O16S4/c1-6-46-31-18-17-28-24-35(67(56,57)58)36(68(59,60)61)26-30(28)42(31)44(2,3)37(46)13-9-7-10-14-38-45(4,5)43-29-25-34(66(53,54)55)33(65-64-63-52)23-27(29)16-19-32(43)47(38)22-12-8-11-15-41(51)62-48-39(49)20-21-40(48)50/h7,9-10,13-14,16-19,23-26H,6,8,11-12,15,20-22H2,1-5H3,(H3-,52,53,54,55,56,57,58,59,60,61)/p+1. The lowest BCUT2D eigenvalue weighted by Crippen LogP contribution is -2.31. The second-order valence-electron chi connectivity index (χ2n) is 17.3. The van der Waals surface area contributed by atoms with Gasteiger partial charge in [0, 0.05) is 66.7 Å². The van der Waals surface area contributed by atoms with E-state index in [-0.39, 0.29) is 24.2 Å². The van der Waals surface area contributed by atoms with Crippen molar-refractivity contribution in [2.45, 2.75) is 104 Å². The van der Waals surface area contributed by atoms with E-state index in [1.165, 1.54) is 12.1 Å². The first kappa shape index (κ1) is 50.5. The fourth-order valence-electron chi connectivity index (χ4n) is 9.37. The maximum atomic E-state index is 12.6. The zero-order valence-corrected chi connectivity index (χ0v) is 40.6. The lowest BCUT2D eigenvalue weighted by atomic mass is 9.79. The SMILES string of the molecule is CCN1\C(=C/C=C/C=C/C2=[N+](CCCCCC(=O)ON3C(=O)CCC3=O)c3ccc4cc(SOOO)c(S(=O)(=O)O)cc4c3C2(C)C)C(C)(C)c2c1ccc1cc(S(=O)(=O)O)c(S(=O)(=O)O)cc21. The Bertz CT molecular complexity index is 3250. The molecule has 0 unspecified atom stereocenters. The molecular weight excluding hydrogens is 967 g/mol. The van der Waals surface area contributed by atoms with E-state index in [1.54, 1.807) is 18.2 Å². The Balaban J connectivity index is 1.22. The number of hydroxylamine groups is 2. The number of nitrogens with zero attached hydrogens (tertiary/aromatic N) is 3. The Morgan fingerprint density at radius 1 is 0.765 bits per heavy atom. The van der Waals surface area contributed by atoms with Crippen molar-refractivity contribution in [2.75, 3.05) is 18.0 Å². The lowest BCUT2D eigenvalue weighted by molar-refractivity contribution is -0.438. The summed E-state index contributed by atoms with van der Waals surface area (Å²) in [4.78, 5) is 40.9. The molecule has 68 heavy (non-hydrogen) atoms. The normalized spacial score (nSPS) is 17.8. The number of amides is 2. The Morgan fingerprint density at radius 3 is 2.00 bits per heavy atom. The topological polar surface area (TPSA) is 272 Å². The number of hydrogen-bond acceptors (Lipinski definition) is 15. The summed E-state index contributed by atoms with van der Waals surface area (Å²) in [5, 5.41) is 14.8. The molecule has 19 nitrogen and oxygen atoms in total. The number of likely N-dealkylation sites (N-methyl/N-ethyl adjacent to an activating group) is 1. The molecule has 2 amide bonds. The molecule has 7 rings (SSSR count). The van der Waals surface area contributed by atoms with Crippen molar-refractivity contribution in [3.8, 4) is 0 Å². The van der Waals surface area contributed by atoms with E-state index in [1.807, 2.05) is 76.0 Å². The van der Waals surface area contributed by atoms with Gasteiger partial charge in [-0.25, -0.2) is 10.1 Å². The predicted octanol–water partition coefficient (Wildman–Crippen LogP) is 7.52. The van der Waals surface area contributed by atoms with Gasteiger partial charge in [-0.05, 0) is 103 Å². The molecule has 23 heteroatoms. The van der Waals surface area contributed by atoms with E-state index in [4.69, 9.17) is 10.1 Å². The third kappa shape index (κ3) is 9.64. The lowest BCUT2D eigenvalue weighted by Gasteiger charge is -2.26. The number of carbonyl (C=O) groups excluding carboxylic acids is 3. The molecule has 3 aliphatic rings. The summed E-state index contributed by atoms with van der Waals surface area (Å²) >= 11 is 0.393. The predicted molar refractivity (Wildman–Crippen MR) is 249 cm³/mol. The minimum Gasteiger partial charge on any atom is -0.344 e. The average Bonchev–Trinajstić information content (AvgIpc) is 3.78. The molecule has 0 aliphatic carbocycles. The first-order chi connectivity index (χ1) is 31.8. The quantitative estimate of drug-likeness (QED) is 0.0116. The van der Waals surface area contributed by atoms with Crippen LogP contribution in [0.25, 0.3) is 21.5 Å². The minimum absolute atomic E-state index is 0.0145. The molecule has 0 radical (unpaired) electrons. The van der Waals surface area contributed by atoms with E-state index in [9.17, 15) is 53.3 Å². The number of unbranched alkanes of at least 4 members (excludes halogenated alkanes) is 2. The molecule has 3 heterocycles. The van der Waals surface area contributed by atoms with Crippen molar-refractivity contribution in [1.82, 2.24) is 5.06 Å². The van der Waals surface area contributed by atoms with Crippen LogP contribution in [0.1, 0.15) is 84.3 Å². The highest BCUT2D eigenvalue weighted by molar-refractivity contribution is 7.95. The van der Waals surface area contributed by atoms with E-state index in [0.29, 0.717) is 76.6 Å². The van der Waals surface area contributed by atoms with Crippen molar-refractivity contribution in [2.24, 2.45) is 0 Å². The zero-order chi connectivity index (χ0) is 49.7. The number of rotatable bonds is 17. The molecule has 3 aliphatic heterocycles. The van der Waals surface area contributed by atoms with Crippen LogP contribution < -0.4 is 4.90 Å². The summed E-state index contributed by atoms with van der Waals surface area (Å²) in [7, 11) is -14.9. The first-order valence-corrected chi connectivity index (χ1v) is 26.2. The molecule has 4 aromatic rings. The van der Waals surface area contributed by atoms with Gasteiger partial charge in [-0.1, -0.05) is 43.2 Å². The van der Waals surface area contributed by atoms with Crippen LogP contribution in [0, 0.1) is 0 Å². The molecule has 4 aromatic carbocycles. The monoisotopic (exact) mass is 1010 g/mol. The van der Waals surface area contributed by atoms with Gasteiger partial charge in [0.2, 0.25) is 5.69 Å². The van der Waals surface area contributed by atoms with Crippen LogP contribution in [0.15, 0.2) is 104 Å². The number of anilines is 1. The Kier molecular flexibility index (Phi) is 14.0. The number of carbonyl (C=O) groups is 3. The molecule has 1 fully saturated rings. The smallest absolute Gasteiger partial charge is 0.333 e. The van der Waals surface area contributed by atoms with Crippen LogP contribution in [0.3, 0.4) is 0 Å². The van der Waals surface area contributed by atoms with Crippen LogP contribution in [0.2, 0.25) is 0 Å². The Hall–Kier alpha value is -5.34. The summed E-state index contributed by atoms with van der Waals surface area (Å²) in [6.07, 6.45) is 10.8. The summed E-state index contributed by atoms with van der Waals surface area (Å²) in [6, 6.07) is 12.0. The number of fused-ring (bicyclic) bond motifs is 6. The zero-order valence-electron chi connectivity index (χ0n) is 37.3. The maximum absolute atomic E-state index is 12.6. The third-order valence-corrected chi connectivity index (χ3v) is 15.9. The van der Waals surface area contributed by atoms with Crippen molar-refractivity contribution in [1.29, 1.82) is 0 Å². The van der Waals surface area contributed by atoms with Gasteiger partial charge in [0.05, 0.1) is 22.4 Å². The van der Waals surface area contributed by atoms with Gasteiger partial charge in [0.15, 0.2) is 5.71 Å². The Labute approximate surface area is 396 Å². The summed E-state index contributed by atoms with van der Waals surface area (Å²) in [5.41, 5.74) is 2.99. The highest BCUT2D eigenvalue weighted by atomic mass is 32.2. The molecular formula is C45H48N3O16S4+. The van der Waals surface area contributed by atoms with Crippen molar-refractivity contribution in [3.05, 3.63) is 95.7 Å². The second-order valence-corrected chi connectivity index (χ2v) is 22.2. The van der Waals surface area contributed by atoms with Crippen LogP contribution in [-0.2, 0) is 69.8 Å². The number of hydrogen-bond donors (Lipinski definition) is 4. The number of benzene rings is 4. The largest absolute Gasteiger partial charge is 0.344 e. The highest BCUT2D eigenvalue weighted by Gasteiger charge is 2.46. The van der Waals surface area contributed by atoms with E-state index < -0.39 is 73.7 Å². The van der Waals surface area contributed by atoms with Gasteiger partial charge < -0.3 is 9.74 Å². The van der Waals surface area contributed by atoms with E-state index in [0.717, 1.165) is 40.5 Å². The van der Waals surface area contributed by atoms with Gasteiger partial charge in [-0.2, -0.15) is 29.8 Å². The average molecular weight is 1020 g/mol. The van der Waals surface area contributed by atoms with Gasteiger partial charge in [-0.15, -0.1) is 9.40 Å². The fourth-order valence-corrected chi connectivity index (χ4v) is 12.6. The molecule has 0 spiro atoms. The van der Waals surface area contributed by atoms with Gasteiger partial charge in [0.25, 0.3) is 42.2 Å². The first-order valence-electron chi connectivity index (χ1n) is 21.2. The summed E-state index contributed by atoms with van der Waals surface area (Å²) in [5.74, 6) is -1.83. The van der Waals surface area contributed by atoms with Gasteiger partial charge in [-0.3, -0.25) is 23.2 Å². The molecule has 4 N–H and O–H groups in total. The van der Waals surface area contributed by atoms with Gasteiger partial charge >= 0.3 is 5.97 Å². The van der Waals surface area contributed by atoms with Crippen LogP contribution in [-0.4, -0.2) is 90.4 Å². The van der Waals surface area contributed by atoms with Crippen LogP contribution in [0.5, 0.6) is 0 Å². The maximum Gasteiger partial charge on any atom is 0.333 e. The fraction of sp³-hybridized carbons (Fsp3) is 0.333. The summed E-state index contributed by atoms with van der Waals surface area (Å²) < 4.78 is 111. The molecule has 0 atom stereocenters. The third-order valence-electron chi connectivity index (χ3n) is 12.3. The van der Waals surface area contributed by atoms with Crippen molar-refractivity contribution >= 4 is 98.8 Å². The highest BCUT2D eigenvalue weighted by Crippen LogP contribution is 2.51. The van der Waals surface area contributed by atoms with Crippen molar-refractivity contribution < 1.29 is 77.3 Å². The van der Waals surface area contributed by atoms with E-state index in [2.05, 4.69) is 13.9 Å². The summed E-state index contributed by atoms with van der Waals surface area (Å²) in [6.45, 7) is 10.7. The number of imide groups is 1. The Morgan fingerprint density at radius 2 is 1.37 bits per heavy atom. The van der Waals surface area contributed by atoms with Crippen LogP contribution in [0.4, 0.5) is 11.4 Å². The van der Waals surface area contributed by atoms with E-state index >= 15 is 0 Å². The molecule has 0 aromatic heterocycles. The van der Waals surface area contributed by atoms with Gasteiger partial charge in [0.1, 0.15) is 21.2 Å². The molecule has 1 saturated heterocycles. The minimum atomic E-state index is -5.07. The number of allylic oxidation sites excluding steroid dienone is 6. The molecule has 362 valence electrons. The van der Waals surface area contributed by atoms with Crippen LogP contribution >= 0.6 is 12.0 Å². The second kappa shape index (κ2) is 18.9. The molecule has 0 saturated carbocycles. The molecule has 0 bridgehead atoms. The van der Waals surface area contributed by atoms with Crippen molar-refractivity contribution in [3.63, 3.8) is 0 Å².